The number of hydrogen-bond acceptors (Lipinski definition) is 6. The zero-order chi connectivity index (χ0) is 19.1. The van der Waals surface area contributed by atoms with E-state index in [1.807, 2.05) is 75.2 Å². The second-order valence-corrected chi connectivity index (χ2v) is 7.54. The van der Waals surface area contributed by atoms with Crippen LogP contribution < -0.4 is 10.2 Å². The molecule has 0 spiro atoms. The van der Waals surface area contributed by atoms with Crippen molar-refractivity contribution in [3.63, 3.8) is 0 Å². The normalized spacial score (nSPS) is 10.8. The largest absolute Gasteiger partial charge is 0.363 e. The van der Waals surface area contributed by atoms with Gasteiger partial charge in [0.1, 0.15) is 5.82 Å². The van der Waals surface area contributed by atoms with Crippen LogP contribution in [0.15, 0.2) is 35.5 Å². The van der Waals surface area contributed by atoms with E-state index in [0.717, 1.165) is 34.5 Å². The minimum Gasteiger partial charge on any atom is -0.363 e. The number of amides is 1. The van der Waals surface area contributed by atoms with E-state index in [9.17, 15) is 4.79 Å². The SMILES string of the molecule is Cc1cc(N(C)C)nc(SCc2cccc(C(=O)NCCN(C)C)c2)n1. The second-order valence-electron chi connectivity index (χ2n) is 6.59. The van der Waals surface area contributed by atoms with Gasteiger partial charge in [0, 0.05) is 50.3 Å². The number of carbonyl (C=O) groups excluding carboxylic acids is 1. The van der Waals surface area contributed by atoms with E-state index in [2.05, 4.69) is 15.3 Å². The third kappa shape index (κ3) is 6.31. The molecule has 6 nitrogen and oxygen atoms in total. The predicted octanol–water partition coefficient (Wildman–Crippen LogP) is 2.43. The number of anilines is 1. The van der Waals surface area contributed by atoms with Gasteiger partial charge in [-0.15, -0.1) is 0 Å². The van der Waals surface area contributed by atoms with Crippen LogP contribution in [0.25, 0.3) is 0 Å². The van der Waals surface area contributed by atoms with Gasteiger partial charge in [-0.25, -0.2) is 9.97 Å². The molecular formula is C19H27N5OS. The fourth-order valence-corrected chi connectivity index (χ4v) is 3.11. The van der Waals surface area contributed by atoms with Crippen molar-refractivity contribution >= 4 is 23.5 Å². The maximum Gasteiger partial charge on any atom is 0.251 e. The Kier molecular flexibility index (Phi) is 7.41. The third-order valence-electron chi connectivity index (χ3n) is 3.68. The molecule has 1 heterocycles. The predicted molar refractivity (Wildman–Crippen MR) is 108 cm³/mol. The van der Waals surface area contributed by atoms with Crippen molar-refractivity contribution in [2.45, 2.75) is 17.8 Å². The van der Waals surface area contributed by atoms with Crippen LogP contribution in [0.4, 0.5) is 5.82 Å². The first-order valence-electron chi connectivity index (χ1n) is 8.53. The van der Waals surface area contributed by atoms with E-state index < -0.39 is 0 Å². The zero-order valence-corrected chi connectivity index (χ0v) is 16.9. The molecule has 1 amide bonds. The van der Waals surface area contributed by atoms with E-state index >= 15 is 0 Å². The van der Waals surface area contributed by atoms with Crippen LogP contribution in [0.2, 0.25) is 0 Å². The van der Waals surface area contributed by atoms with Gasteiger partial charge >= 0.3 is 0 Å². The Bertz CT molecular complexity index is 748. The van der Waals surface area contributed by atoms with Gasteiger partial charge in [-0.3, -0.25) is 4.79 Å². The fourth-order valence-electron chi connectivity index (χ4n) is 2.26. The average molecular weight is 374 g/mol. The van der Waals surface area contributed by atoms with Gasteiger partial charge in [0.15, 0.2) is 5.16 Å². The van der Waals surface area contributed by atoms with Crippen molar-refractivity contribution in [2.24, 2.45) is 0 Å². The van der Waals surface area contributed by atoms with Crippen LogP contribution in [-0.2, 0) is 5.75 Å². The first-order valence-corrected chi connectivity index (χ1v) is 9.51. The number of nitrogens with zero attached hydrogens (tertiary/aromatic N) is 4. The number of carbonyl (C=O) groups is 1. The Labute approximate surface area is 160 Å². The highest BCUT2D eigenvalue weighted by molar-refractivity contribution is 7.98. The Morgan fingerprint density at radius 1 is 1.15 bits per heavy atom. The fraction of sp³-hybridized carbons (Fsp3) is 0.421. The van der Waals surface area contributed by atoms with Crippen molar-refractivity contribution < 1.29 is 4.79 Å². The summed E-state index contributed by atoms with van der Waals surface area (Å²) in [5, 5.41) is 3.69. The first-order chi connectivity index (χ1) is 12.3. The quantitative estimate of drug-likeness (QED) is 0.566. The monoisotopic (exact) mass is 373 g/mol. The molecule has 140 valence electrons. The average Bonchev–Trinajstić information content (AvgIpc) is 2.59. The van der Waals surface area contributed by atoms with Crippen molar-refractivity contribution in [1.82, 2.24) is 20.2 Å². The van der Waals surface area contributed by atoms with E-state index in [-0.39, 0.29) is 5.91 Å². The van der Waals surface area contributed by atoms with Gasteiger partial charge in [0.25, 0.3) is 5.91 Å². The maximum atomic E-state index is 12.3. The molecule has 0 bridgehead atoms. The first kappa shape index (κ1) is 20.2. The Balaban J connectivity index is 1.99. The molecule has 1 aromatic heterocycles. The molecule has 0 fully saturated rings. The van der Waals surface area contributed by atoms with Crippen molar-refractivity contribution in [1.29, 1.82) is 0 Å². The Morgan fingerprint density at radius 3 is 2.62 bits per heavy atom. The molecule has 0 aliphatic carbocycles. The molecule has 0 saturated carbocycles. The molecule has 1 aromatic carbocycles. The molecule has 2 rings (SSSR count). The van der Waals surface area contributed by atoms with Crippen LogP contribution in [0, 0.1) is 6.92 Å². The lowest BCUT2D eigenvalue weighted by Gasteiger charge is -2.13. The number of hydrogen-bond donors (Lipinski definition) is 1. The summed E-state index contributed by atoms with van der Waals surface area (Å²) in [5.41, 5.74) is 2.70. The van der Waals surface area contributed by atoms with Gasteiger partial charge in [0.2, 0.25) is 0 Å². The molecule has 0 saturated heterocycles. The molecule has 0 aliphatic rings. The van der Waals surface area contributed by atoms with Crippen LogP contribution >= 0.6 is 11.8 Å². The van der Waals surface area contributed by atoms with Gasteiger partial charge in [0.05, 0.1) is 0 Å². The van der Waals surface area contributed by atoms with Crippen LogP contribution in [0.1, 0.15) is 21.6 Å². The Morgan fingerprint density at radius 2 is 1.92 bits per heavy atom. The highest BCUT2D eigenvalue weighted by atomic mass is 32.2. The highest BCUT2D eigenvalue weighted by Crippen LogP contribution is 2.22. The lowest BCUT2D eigenvalue weighted by atomic mass is 10.1. The minimum absolute atomic E-state index is 0.0413. The molecule has 2 aromatic rings. The van der Waals surface area contributed by atoms with E-state index in [1.54, 1.807) is 11.8 Å². The van der Waals surface area contributed by atoms with Gasteiger partial charge < -0.3 is 15.1 Å². The summed E-state index contributed by atoms with van der Waals surface area (Å²) in [6.45, 7) is 3.42. The Hall–Kier alpha value is -2.12. The highest BCUT2D eigenvalue weighted by Gasteiger charge is 2.08. The summed E-state index contributed by atoms with van der Waals surface area (Å²) in [4.78, 5) is 25.3. The van der Waals surface area contributed by atoms with Crippen LogP contribution in [-0.4, -0.2) is 62.1 Å². The summed E-state index contributed by atoms with van der Waals surface area (Å²) >= 11 is 1.57. The molecule has 0 atom stereocenters. The minimum atomic E-state index is -0.0413. The topological polar surface area (TPSA) is 61.4 Å². The lowest BCUT2D eigenvalue weighted by Crippen LogP contribution is -2.31. The number of aromatic nitrogens is 2. The lowest BCUT2D eigenvalue weighted by molar-refractivity contribution is 0.0951. The van der Waals surface area contributed by atoms with Crippen molar-refractivity contribution in [3.8, 4) is 0 Å². The smallest absolute Gasteiger partial charge is 0.251 e. The standard InChI is InChI=1S/C19H27N5OS/c1-14-11-17(24(4)5)22-19(21-14)26-13-15-7-6-8-16(12-15)18(25)20-9-10-23(2)3/h6-8,11-12H,9-10,13H2,1-5H3,(H,20,25). The molecular weight excluding hydrogens is 346 g/mol. The maximum absolute atomic E-state index is 12.3. The molecule has 7 heteroatoms. The summed E-state index contributed by atoms with van der Waals surface area (Å²) in [5.74, 6) is 1.57. The van der Waals surface area contributed by atoms with E-state index in [1.165, 1.54) is 0 Å². The number of rotatable bonds is 8. The molecule has 0 radical (unpaired) electrons. The molecule has 0 unspecified atom stereocenters. The molecule has 26 heavy (non-hydrogen) atoms. The molecule has 1 N–H and O–H groups in total. The number of likely N-dealkylation sites (N-methyl/N-ethyl adjacent to an activating group) is 1. The van der Waals surface area contributed by atoms with Gasteiger partial charge in [-0.2, -0.15) is 0 Å². The van der Waals surface area contributed by atoms with Gasteiger partial charge in [-0.05, 0) is 38.7 Å². The van der Waals surface area contributed by atoms with Crippen LogP contribution in [0.3, 0.4) is 0 Å². The zero-order valence-electron chi connectivity index (χ0n) is 16.1. The van der Waals surface area contributed by atoms with Crippen molar-refractivity contribution in [2.75, 3.05) is 46.2 Å². The third-order valence-corrected chi connectivity index (χ3v) is 4.60. The van der Waals surface area contributed by atoms with Crippen LogP contribution in [0.5, 0.6) is 0 Å². The summed E-state index contributed by atoms with van der Waals surface area (Å²) in [6.07, 6.45) is 0. The second kappa shape index (κ2) is 9.54. The summed E-state index contributed by atoms with van der Waals surface area (Å²) in [6, 6.07) is 9.67. The number of aryl methyl sites for hydroxylation is 1. The summed E-state index contributed by atoms with van der Waals surface area (Å²) < 4.78 is 0. The van der Waals surface area contributed by atoms with Crippen molar-refractivity contribution in [3.05, 3.63) is 47.2 Å². The van der Waals surface area contributed by atoms with E-state index in [4.69, 9.17) is 0 Å². The number of thioether (sulfide) groups is 1. The van der Waals surface area contributed by atoms with Gasteiger partial charge in [-0.1, -0.05) is 23.9 Å². The number of nitrogens with one attached hydrogen (secondary N) is 1. The van der Waals surface area contributed by atoms with E-state index in [0.29, 0.717) is 12.1 Å². The molecule has 0 aliphatic heterocycles. The number of benzene rings is 1. The summed E-state index contributed by atoms with van der Waals surface area (Å²) in [7, 11) is 7.90.